The van der Waals surface area contributed by atoms with Gasteiger partial charge in [-0.1, -0.05) is 18.2 Å². The smallest absolute Gasteiger partial charge is 0.330 e. The molecule has 0 atom stereocenters. The van der Waals surface area contributed by atoms with Crippen molar-refractivity contribution in [1.82, 2.24) is 15.8 Å². The molecule has 0 aliphatic carbocycles. The van der Waals surface area contributed by atoms with Crippen molar-refractivity contribution in [2.75, 3.05) is 0 Å². The van der Waals surface area contributed by atoms with Crippen LogP contribution in [0.25, 0.3) is 10.9 Å². The number of carbonyl (C=O) groups excluding carboxylic acids is 2. The molecule has 6 nitrogen and oxygen atoms in total. The van der Waals surface area contributed by atoms with E-state index < -0.39 is 11.9 Å². The van der Waals surface area contributed by atoms with Crippen molar-refractivity contribution in [3.63, 3.8) is 0 Å². The fourth-order valence-corrected chi connectivity index (χ4v) is 1.68. The van der Waals surface area contributed by atoms with Gasteiger partial charge in [0.25, 0.3) is 5.91 Å². The molecule has 2 aromatic rings. The highest BCUT2D eigenvalue weighted by Gasteiger charge is 2.11. The molecule has 92 valence electrons. The van der Waals surface area contributed by atoms with E-state index in [4.69, 9.17) is 5.73 Å². The Morgan fingerprint density at radius 2 is 1.94 bits per heavy atom. The molecule has 0 unspecified atom stereocenters. The molecule has 18 heavy (non-hydrogen) atoms. The maximum Gasteiger partial charge on any atom is 0.330 e. The highest BCUT2D eigenvalue weighted by Crippen LogP contribution is 2.17. The Hall–Kier alpha value is -2.63. The molecule has 0 saturated heterocycles. The Labute approximate surface area is 103 Å². The van der Waals surface area contributed by atoms with Gasteiger partial charge < -0.3 is 5.73 Å². The quantitative estimate of drug-likeness (QED) is 0.649. The number of carbonyl (C=O) groups is 2. The van der Waals surface area contributed by atoms with E-state index in [0.29, 0.717) is 10.9 Å². The van der Waals surface area contributed by atoms with Crippen LogP contribution in [0.2, 0.25) is 0 Å². The highest BCUT2D eigenvalue weighted by molar-refractivity contribution is 6.06. The number of primary amides is 1. The predicted octanol–water partition coefficient (Wildman–Crippen LogP) is 0.856. The lowest BCUT2D eigenvalue weighted by atomic mass is 10.1. The second-order valence-electron chi connectivity index (χ2n) is 3.77. The molecule has 0 saturated carbocycles. The van der Waals surface area contributed by atoms with Crippen LogP contribution in [0.4, 0.5) is 4.79 Å². The topological polar surface area (TPSA) is 97.1 Å². The number of rotatable bonds is 1. The zero-order chi connectivity index (χ0) is 13.1. The molecule has 6 heteroatoms. The SMILES string of the molecule is Cc1cc(C(=O)NNC(N)=O)c2ccccc2n1. The molecule has 1 heterocycles. The first-order valence-corrected chi connectivity index (χ1v) is 5.30. The van der Waals surface area contributed by atoms with E-state index in [1.165, 1.54) is 0 Å². The lowest BCUT2D eigenvalue weighted by Gasteiger charge is -2.08. The van der Waals surface area contributed by atoms with Gasteiger partial charge in [-0.25, -0.2) is 10.2 Å². The first-order chi connectivity index (χ1) is 8.58. The van der Waals surface area contributed by atoms with Crippen molar-refractivity contribution in [2.45, 2.75) is 6.92 Å². The second-order valence-corrected chi connectivity index (χ2v) is 3.77. The number of aromatic nitrogens is 1. The van der Waals surface area contributed by atoms with Gasteiger partial charge in [-0.2, -0.15) is 0 Å². The van der Waals surface area contributed by atoms with E-state index in [2.05, 4.69) is 10.4 Å². The van der Waals surface area contributed by atoms with E-state index in [9.17, 15) is 9.59 Å². The number of urea groups is 1. The van der Waals surface area contributed by atoms with Crippen molar-refractivity contribution in [1.29, 1.82) is 0 Å². The van der Waals surface area contributed by atoms with E-state index in [1.54, 1.807) is 19.1 Å². The molecule has 0 fully saturated rings. The minimum Gasteiger partial charge on any atom is -0.350 e. The van der Waals surface area contributed by atoms with Gasteiger partial charge in [0.15, 0.2) is 0 Å². The molecule has 0 aliphatic rings. The lowest BCUT2D eigenvalue weighted by Crippen LogP contribution is -2.44. The summed E-state index contributed by atoms with van der Waals surface area (Å²) in [4.78, 5) is 26.8. The Morgan fingerprint density at radius 1 is 1.22 bits per heavy atom. The average molecular weight is 244 g/mol. The van der Waals surface area contributed by atoms with E-state index in [0.717, 1.165) is 11.2 Å². The van der Waals surface area contributed by atoms with Gasteiger partial charge in [-0.05, 0) is 19.1 Å². The summed E-state index contributed by atoms with van der Waals surface area (Å²) < 4.78 is 0. The van der Waals surface area contributed by atoms with Gasteiger partial charge >= 0.3 is 6.03 Å². The third-order valence-electron chi connectivity index (χ3n) is 2.39. The Balaban J connectivity index is 2.43. The molecule has 2 rings (SSSR count). The summed E-state index contributed by atoms with van der Waals surface area (Å²) in [6, 6.07) is 8.11. The maximum absolute atomic E-state index is 11.9. The van der Waals surface area contributed by atoms with Crippen molar-refractivity contribution in [2.24, 2.45) is 5.73 Å². The van der Waals surface area contributed by atoms with E-state index in [1.807, 2.05) is 23.6 Å². The van der Waals surface area contributed by atoms with Gasteiger partial charge in [0.1, 0.15) is 0 Å². The number of fused-ring (bicyclic) bond motifs is 1. The Bertz CT molecular complexity index is 625. The van der Waals surface area contributed by atoms with Crippen LogP contribution >= 0.6 is 0 Å². The molecule has 0 spiro atoms. The number of nitrogens with two attached hydrogens (primary N) is 1. The Morgan fingerprint density at radius 3 is 2.67 bits per heavy atom. The van der Waals surface area contributed by atoms with E-state index in [-0.39, 0.29) is 0 Å². The van der Waals surface area contributed by atoms with Crippen molar-refractivity contribution in [3.8, 4) is 0 Å². The molecule has 1 aromatic heterocycles. The van der Waals surface area contributed by atoms with Crippen LogP contribution in [0.1, 0.15) is 16.1 Å². The zero-order valence-electron chi connectivity index (χ0n) is 9.73. The van der Waals surface area contributed by atoms with Crippen molar-refractivity contribution < 1.29 is 9.59 Å². The van der Waals surface area contributed by atoms with Crippen LogP contribution < -0.4 is 16.6 Å². The maximum atomic E-state index is 11.9. The standard InChI is InChI=1S/C12H12N4O2/c1-7-6-9(11(17)15-16-12(13)18)8-4-2-3-5-10(8)14-7/h2-6H,1H3,(H,15,17)(H3,13,16,18). The number of nitrogens with one attached hydrogen (secondary N) is 2. The van der Waals surface area contributed by atoms with Crippen LogP contribution in [-0.2, 0) is 0 Å². The summed E-state index contributed by atoms with van der Waals surface area (Å²) in [5.74, 6) is -0.435. The molecular weight excluding hydrogens is 232 g/mol. The monoisotopic (exact) mass is 244 g/mol. The van der Waals surface area contributed by atoms with Crippen LogP contribution in [0.15, 0.2) is 30.3 Å². The van der Waals surface area contributed by atoms with Crippen molar-refractivity contribution >= 4 is 22.8 Å². The summed E-state index contributed by atoms with van der Waals surface area (Å²) >= 11 is 0. The summed E-state index contributed by atoms with van der Waals surface area (Å²) in [6.45, 7) is 1.80. The van der Waals surface area contributed by atoms with Crippen LogP contribution in [-0.4, -0.2) is 16.9 Å². The fourth-order valence-electron chi connectivity index (χ4n) is 1.68. The number of aryl methyl sites for hydroxylation is 1. The third kappa shape index (κ3) is 2.37. The summed E-state index contributed by atoms with van der Waals surface area (Å²) in [5, 5.41) is 0.715. The molecule has 3 amide bonds. The van der Waals surface area contributed by atoms with Crippen LogP contribution in [0, 0.1) is 6.92 Å². The molecule has 0 bridgehead atoms. The summed E-state index contributed by atoms with van der Waals surface area (Å²) in [6.07, 6.45) is 0. The van der Waals surface area contributed by atoms with Crippen LogP contribution in [0.3, 0.4) is 0 Å². The van der Waals surface area contributed by atoms with Crippen LogP contribution in [0.5, 0.6) is 0 Å². The minimum atomic E-state index is -0.821. The molecule has 1 aromatic carbocycles. The largest absolute Gasteiger partial charge is 0.350 e. The number of pyridine rings is 1. The molecular formula is C12H12N4O2. The van der Waals surface area contributed by atoms with Gasteiger partial charge in [0.05, 0.1) is 11.1 Å². The first kappa shape index (κ1) is 11.8. The number of benzene rings is 1. The average Bonchev–Trinajstić information content (AvgIpc) is 2.34. The lowest BCUT2D eigenvalue weighted by molar-refractivity contribution is 0.0939. The summed E-state index contributed by atoms with van der Waals surface area (Å²) in [5.41, 5.74) is 11.0. The Kier molecular flexibility index (Phi) is 3.09. The third-order valence-corrected chi connectivity index (χ3v) is 2.39. The zero-order valence-corrected chi connectivity index (χ0v) is 9.73. The predicted molar refractivity (Wildman–Crippen MR) is 66.7 cm³/mol. The molecule has 4 N–H and O–H groups in total. The minimum absolute atomic E-state index is 0.435. The number of hydrazine groups is 1. The van der Waals surface area contributed by atoms with Gasteiger partial charge in [0, 0.05) is 11.1 Å². The van der Waals surface area contributed by atoms with Gasteiger partial charge in [-0.15, -0.1) is 0 Å². The van der Waals surface area contributed by atoms with Crippen molar-refractivity contribution in [3.05, 3.63) is 41.6 Å². The van der Waals surface area contributed by atoms with E-state index >= 15 is 0 Å². The number of nitrogens with zero attached hydrogens (tertiary/aromatic N) is 1. The number of hydrogen-bond donors (Lipinski definition) is 3. The second kappa shape index (κ2) is 4.70. The van der Waals surface area contributed by atoms with Gasteiger partial charge in [0.2, 0.25) is 0 Å². The molecule has 0 aliphatic heterocycles. The molecule has 0 radical (unpaired) electrons. The fraction of sp³-hybridized carbons (Fsp3) is 0.0833. The van der Waals surface area contributed by atoms with Gasteiger partial charge in [-0.3, -0.25) is 15.2 Å². The normalized spacial score (nSPS) is 10.1. The highest BCUT2D eigenvalue weighted by atomic mass is 16.2. The number of hydrogen-bond acceptors (Lipinski definition) is 3. The first-order valence-electron chi connectivity index (χ1n) is 5.30. The summed E-state index contributed by atoms with van der Waals surface area (Å²) in [7, 11) is 0. The number of amides is 3. The number of para-hydroxylation sites is 1.